The summed E-state index contributed by atoms with van der Waals surface area (Å²) in [5, 5.41) is 12.8. The fourth-order valence-electron chi connectivity index (χ4n) is 3.82. The first-order valence-electron chi connectivity index (χ1n) is 10.5. The van der Waals surface area contributed by atoms with Crippen LogP contribution in [0.15, 0.2) is 60.7 Å². The number of nitrogens with one attached hydrogen (secondary N) is 1. The maximum atomic E-state index is 14.1. The van der Waals surface area contributed by atoms with Gasteiger partial charge in [0.2, 0.25) is 0 Å². The van der Waals surface area contributed by atoms with Crippen molar-refractivity contribution < 1.29 is 9.18 Å². The van der Waals surface area contributed by atoms with Gasteiger partial charge in [-0.25, -0.2) is 4.39 Å². The highest BCUT2D eigenvalue weighted by atomic mass is 35.5. The van der Waals surface area contributed by atoms with Crippen molar-refractivity contribution >= 4 is 40.5 Å². The summed E-state index contributed by atoms with van der Waals surface area (Å²) >= 11 is 12.8. The monoisotopic (exact) mass is 482 g/mol. The van der Waals surface area contributed by atoms with Gasteiger partial charge >= 0.3 is 0 Å². The number of nitriles is 1. The molecule has 3 aromatic carbocycles. The molecule has 5 nitrogen and oxygen atoms in total. The number of rotatable bonds is 5. The number of amides is 1. The average molecular weight is 483 g/mol. The van der Waals surface area contributed by atoms with E-state index < -0.39 is 11.7 Å². The fraction of sp³-hybridized carbons (Fsp3) is 0.200. The van der Waals surface area contributed by atoms with E-state index in [-0.39, 0.29) is 11.1 Å². The molecule has 1 amide bonds. The standard InChI is InChI=1S/C25H21Cl2FN4O/c26-21-4-2-1-3-18(21)16-31-9-11-32(12-10-31)24-8-6-19(14-22(24)27)30-25(33)20-7-5-17(15-29)13-23(20)28/h1-8,13-14H,9-12,16H2,(H,30,33). The molecule has 4 rings (SSSR count). The largest absolute Gasteiger partial charge is 0.368 e. The topological polar surface area (TPSA) is 59.4 Å². The Morgan fingerprint density at radius 2 is 1.76 bits per heavy atom. The van der Waals surface area contributed by atoms with Crippen LogP contribution >= 0.6 is 23.2 Å². The molecule has 0 aliphatic carbocycles. The summed E-state index contributed by atoms with van der Waals surface area (Å²) < 4.78 is 14.1. The molecule has 1 saturated heterocycles. The number of benzene rings is 3. The van der Waals surface area contributed by atoms with Crippen molar-refractivity contribution in [3.8, 4) is 6.07 Å². The second-order valence-corrected chi connectivity index (χ2v) is 8.60. The van der Waals surface area contributed by atoms with Gasteiger partial charge in [-0.1, -0.05) is 41.4 Å². The van der Waals surface area contributed by atoms with E-state index in [1.54, 1.807) is 12.1 Å². The van der Waals surface area contributed by atoms with E-state index in [1.807, 2.05) is 36.4 Å². The van der Waals surface area contributed by atoms with E-state index in [0.717, 1.165) is 55.1 Å². The molecule has 1 aliphatic heterocycles. The van der Waals surface area contributed by atoms with E-state index in [0.29, 0.717) is 10.7 Å². The normalized spacial score (nSPS) is 14.1. The molecular weight excluding hydrogens is 462 g/mol. The SMILES string of the molecule is N#Cc1ccc(C(=O)Nc2ccc(N3CCN(Cc4ccccc4Cl)CC3)c(Cl)c2)c(F)c1. The number of nitrogens with zero attached hydrogens (tertiary/aromatic N) is 3. The van der Waals surface area contributed by atoms with Gasteiger partial charge in [-0.2, -0.15) is 5.26 Å². The van der Waals surface area contributed by atoms with Crippen molar-refractivity contribution in [3.05, 3.63) is 93.2 Å². The van der Waals surface area contributed by atoms with Gasteiger partial charge < -0.3 is 10.2 Å². The lowest BCUT2D eigenvalue weighted by molar-refractivity contribution is 0.102. The molecule has 33 heavy (non-hydrogen) atoms. The molecule has 1 aliphatic rings. The molecule has 1 heterocycles. The summed E-state index contributed by atoms with van der Waals surface area (Å²) in [6, 6.07) is 18.7. The predicted molar refractivity (Wildman–Crippen MR) is 129 cm³/mol. The third-order valence-corrected chi connectivity index (χ3v) is 6.28. The van der Waals surface area contributed by atoms with Crippen molar-refractivity contribution in [1.82, 2.24) is 4.90 Å². The molecule has 0 radical (unpaired) electrons. The van der Waals surface area contributed by atoms with Crippen LogP contribution in [-0.4, -0.2) is 37.0 Å². The van der Waals surface area contributed by atoms with Gasteiger partial charge in [-0.05, 0) is 48.0 Å². The fourth-order valence-corrected chi connectivity index (χ4v) is 4.32. The number of hydrogen-bond acceptors (Lipinski definition) is 4. The summed E-state index contributed by atoms with van der Waals surface area (Å²) in [4.78, 5) is 17.0. The zero-order valence-electron chi connectivity index (χ0n) is 17.7. The van der Waals surface area contributed by atoms with Gasteiger partial charge in [0.25, 0.3) is 5.91 Å². The van der Waals surface area contributed by atoms with E-state index in [1.165, 1.54) is 12.1 Å². The van der Waals surface area contributed by atoms with Crippen molar-refractivity contribution in [2.45, 2.75) is 6.54 Å². The van der Waals surface area contributed by atoms with Crippen molar-refractivity contribution in [3.63, 3.8) is 0 Å². The van der Waals surface area contributed by atoms with Gasteiger partial charge in [0.1, 0.15) is 5.82 Å². The maximum absolute atomic E-state index is 14.1. The van der Waals surface area contributed by atoms with Crippen molar-refractivity contribution in [2.24, 2.45) is 0 Å². The second kappa shape index (κ2) is 10.2. The summed E-state index contributed by atoms with van der Waals surface area (Å²) in [5.74, 6) is -1.35. The molecule has 0 aromatic heterocycles. The zero-order valence-corrected chi connectivity index (χ0v) is 19.2. The second-order valence-electron chi connectivity index (χ2n) is 7.78. The van der Waals surface area contributed by atoms with Crippen LogP contribution in [0.5, 0.6) is 0 Å². The molecule has 1 fully saturated rings. The Kier molecular flexibility index (Phi) is 7.14. The molecule has 0 bridgehead atoms. The molecule has 3 aromatic rings. The highest BCUT2D eigenvalue weighted by Gasteiger charge is 2.20. The minimum atomic E-state index is -0.746. The number of carbonyl (C=O) groups is 1. The minimum absolute atomic E-state index is 0.135. The minimum Gasteiger partial charge on any atom is -0.368 e. The number of piperazine rings is 1. The Bertz CT molecular complexity index is 1220. The Labute approximate surface area is 201 Å². The summed E-state index contributed by atoms with van der Waals surface area (Å²) in [5.41, 5.74) is 2.49. The van der Waals surface area contributed by atoms with Crippen LogP contribution in [0.2, 0.25) is 10.0 Å². The third kappa shape index (κ3) is 5.45. The zero-order chi connectivity index (χ0) is 23.4. The van der Waals surface area contributed by atoms with Crippen LogP contribution in [0.1, 0.15) is 21.5 Å². The number of halogens is 3. The van der Waals surface area contributed by atoms with Crippen LogP contribution in [-0.2, 0) is 6.54 Å². The molecule has 0 unspecified atom stereocenters. The molecular formula is C25H21Cl2FN4O. The lowest BCUT2D eigenvalue weighted by atomic mass is 10.1. The predicted octanol–water partition coefficient (Wildman–Crippen LogP) is 5.58. The number of hydrogen-bond donors (Lipinski definition) is 1. The van der Waals surface area contributed by atoms with Crippen molar-refractivity contribution in [1.29, 1.82) is 5.26 Å². The average Bonchev–Trinajstić information content (AvgIpc) is 2.81. The van der Waals surface area contributed by atoms with Gasteiger partial charge in [-0.15, -0.1) is 0 Å². The molecule has 0 saturated carbocycles. The Morgan fingerprint density at radius 1 is 1.00 bits per heavy atom. The molecule has 8 heteroatoms. The molecule has 1 N–H and O–H groups in total. The van der Waals surface area contributed by atoms with E-state index in [4.69, 9.17) is 28.5 Å². The van der Waals surface area contributed by atoms with Crippen molar-refractivity contribution in [2.75, 3.05) is 36.4 Å². The van der Waals surface area contributed by atoms with Gasteiger partial charge in [-0.3, -0.25) is 9.69 Å². The summed E-state index contributed by atoms with van der Waals surface area (Å²) in [6.07, 6.45) is 0. The van der Waals surface area contributed by atoms with Crippen LogP contribution < -0.4 is 10.2 Å². The molecule has 168 valence electrons. The van der Waals surface area contributed by atoms with Crippen LogP contribution in [0, 0.1) is 17.1 Å². The first-order chi connectivity index (χ1) is 15.9. The third-order valence-electron chi connectivity index (χ3n) is 5.61. The van der Waals surface area contributed by atoms with E-state index in [9.17, 15) is 9.18 Å². The number of carbonyl (C=O) groups excluding carboxylic acids is 1. The van der Waals surface area contributed by atoms with Crippen LogP contribution in [0.4, 0.5) is 15.8 Å². The van der Waals surface area contributed by atoms with Crippen LogP contribution in [0.25, 0.3) is 0 Å². The maximum Gasteiger partial charge on any atom is 0.258 e. The van der Waals surface area contributed by atoms with Crippen LogP contribution in [0.3, 0.4) is 0 Å². The van der Waals surface area contributed by atoms with Gasteiger partial charge in [0.05, 0.1) is 27.9 Å². The lowest BCUT2D eigenvalue weighted by Crippen LogP contribution is -2.46. The summed E-state index contributed by atoms with van der Waals surface area (Å²) in [6.45, 7) is 4.17. The van der Waals surface area contributed by atoms with Gasteiger partial charge in [0.15, 0.2) is 0 Å². The Hall–Kier alpha value is -3.11. The Balaban J connectivity index is 1.38. The summed E-state index contributed by atoms with van der Waals surface area (Å²) in [7, 11) is 0. The van der Waals surface area contributed by atoms with Gasteiger partial charge in [0, 0.05) is 43.4 Å². The molecule has 0 spiro atoms. The Morgan fingerprint density at radius 3 is 2.42 bits per heavy atom. The highest BCUT2D eigenvalue weighted by molar-refractivity contribution is 6.33. The number of anilines is 2. The van der Waals surface area contributed by atoms with E-state index >= 15 is 0 Å². The first-order valence-corrected chi connectivity index (χ1v) is 11.2. The molecule has 0 atom stereocenters. The quantitative estimate of drug-likeness (QED) is 0.515. The lowest BCUT2D eigenvalue weighted by Gasteiger charge is -2.36. The smallest absolute Gasteiger partial charge is 0.258 e. The van der Waals surface area contributed by atoms with E-state index in [2.05, 4.69) is 15.1 Å². The first kappa shape index (κ1) is 23.1. The highest BCUT2D eigenvalue weighted by Crippen LogP contribution is 2.30.